The Bertz CT molecular complexity index is 660. The van der Waals surface area contributed by atoms with Gasteiger partial charge in [0.15, 0.2) is 0 Å². The van der Waals surface area contributed by atoms with Crippen molar-refractivity contribution in [3.63, 3.8) is 0 Å². The Balaban J connectivity index is 2.23. The largest absolute Gasteiger partial charge is 0.478 e. The molecule has 1 aromatic heterocycles. The summed E-state index contributed by atoms with van der Waals surface area (Å²) >= 11 is 0. The first-order valence-electron chi connectivity index (χ1n) is 5.78. The van der Waals surface area contributed by atoms with Crippen LogP contribution in [0.5, 0.6) is 0 Å². The average Bonchev–Trinajstić information content (AvgIpc) is 2.88. The van der Waals surface area contributed by atoms with Crippen molar-refractivity contribution in [1.82, 2.24) is 5.16 Å². The van der Waals surface area contributed by atoms with Gasteiger partial charge in [-0.1, -0.05) is 11.2 Å². The Morgan fingerprint density at radius 1 is 1.35 bits per heavy atom. The maximum absolute atomic E-state index is 12.0. The minimum absolute atomic E-state index is 0.318. The number of carboxylic acids is 1. The van der Waals surface area contributed by atoms with Gasteiger partial charge in [-0.2, -0.15) is 0 Å². The Morgan fingerprint density at radius 3 is 2.80 bits per heavy atom. The first kappa shape index (κ1) is 13.5. The van der Waals surface area contributed by atoms with Gasteiger partial charge in [0.25, 0.3) is 5.91 Å². The number of aliphatic carboxylic acids is 1. The molecule has 2 aromatic rings. The minimum atomic E-state index is -1.04. The number of aryl methyl sites for hydroxylation is 1. The van der Waals surface area contributed by atoms with Crippen molar-refractivity contribution in [3.8, 4) is 0 Å². The summed E-state index contributed by atoms with van der Waals surface area (Å²) in [7, 11) is 0. The molecule has 1 amide bonds. The van der Waals surface area contributed by atoms with E-state index in [4.69, 9.17) is 5.11 Å². The molecule has 1 aromatic carbocycles. The second-order valence-corrected chi connectivity index (χ2v) is 4.17. The SMILES string of the molecule is Cc1cc(/C=C/C(=O)O)cc(C(=O)Nc2cnoc2)c1. The summed E-state index contributed by atoms with van der Waals surface area (Å²) in [4.78, 5) is 22.5. The van der Waals surface area contributed by atoms with Crippen molar-refractivity contribution < 1.29 is 19.2 Å². The number of carbonyl (C=O) groups excluding carboxylic acids is 1. The number of nitrogens with one attached hydrogen (secondary N) is 1. The van der Waals surface area contributed by atoms with Gasteiger partial charge in [-0.3, -0.25) is 4.79 Å². The van der Waals surface area contributed by atoms with Gasteiger partial charge in [0, 0.05) is 11.6 Å². The molecule has 0 saturated carbocycles. The van der Waals surface area contributed by atoms with Crippen molar-refractivity contribution in [2.75, 3.05) is 5.32 Å². The van der Waals surface area contributed by atoms with E-state index in [0.717, 1.165) is 11.6 Å². The zero-order valence-electron chi connectivity index (χ0n) is 10.7. The predicted octanol–water partition coefficient (Wildman–Crippen LogP) is 2.33. The van der Waals surface area contributed by atoms with E-state index in [9.17, 15) is 9.59 Å². The summed E-state index contributed by atoms with van der Waals surface area (Å²) < 4.78 is 4.62. The van der Waals surface area contributed by atoms with Crippen molar-refractivity contribution in [2.45, 2.75) is 6.92 Å². The topological polar surface area (TPSA) is 92.4 Å². The lowest BCUT2D eigenvalue weighted by atomic mass is 10.1. The Labute approximate surface area is 114 Å². The summed E-state index contributed by atoms with van der Waals surface area (Å²) in [6, 6.07) is 5.10. The Morgan fingerprint density at radius 2 is 2.15 bits per heavy atom. The first-order valence-corrected chi connectivity index (χ1v) is 5.78. The van der Waals surface area contributed by atoms with Crippen LogP contribution in [0.3, 0.4) is 0 Å². The highest BCUT2D eigenvalue weighted by molar-refractivity contribution is 6.04. The molecule has 6 heteroatoms. The predicted molar refractivity (Wildman–Crippen MR) is 72.3 cm³/mol. The highest BCUT2D eigenvalue weighted by Gasteiger charge is 2.08. The van der Waals surface area contributed by atoms with Crippen LogP contribution in [-0.4, -0.2) is 22.1 Å². The van der Waals surface area contributed by atoms with Crippen LogP contribution in [0.2, 0.25) is 0 Å². The van der Waals surface area contributed by atoms with Crippen molar-refractivity contribution >= 4 is 23.6 Å². The van der Waals surface area contributed by atoms with Gasteiger partial charge in [0.1, 0.15) is 12.0 Å². The lowest BCUT2D eigenvalue weighted by molar-refractivity contribution is -0.131. The van der Waals surface area contributed by atoms with Gasteiger partial charge in [-0.25, -0.2) is 4.79 Å². The van der Waals surface area contributed by atoms with Gasteiger partial charge >= 0.3 is 5.97 Å². The second-order valence-electron chi connectivity index (χ2n) is 4.17. The zero-order valence-corrected chi connectivity index (χ0v) is 10.7. The maximum atomic E-state index is 12.0. The summed E-state index contributed by atoms with van der Waals surface area (Å²) in [5, 5.41) is 14.7. The fraction of sp³-hybridized carbons (Fsp3) is 0.0714. The van der Waals surface area contributed by atoms with Crippen LogP contribution in [0.25, 0.3) is 6.08 Å². The monoisotopic (exact) mass is 272 g/mol. The minimum Gasteiger partial charge on any atom is -0.478 e. The van der Waals surface area contributed by atoms with Crippen molar-refractivity contribution in [2.24, 2.45) is 0 Å². The fourth-order valence-corrected chi connectivity index (χ4v) is 1.68. The third kappa shape index (κ3) is 3.55. The number of carbonyl (C=O) groups is 2. The van der Waals surface area contributed by atoms with Crippen LogP contribution >= 0.6 is 0 Å². The highest BCUT2D eigenvalue weighted by atomic mass is 16.5. The molecule has 0 saturated heterocycles. The number of aromatic nitrogens is 1. The van der Waals surface area contributed by atoms with E-state index in [1.165, 1.54) is 18.5 Å². The number of nitrogens with zero attached hydrogens (tertiary/aromatic N) is 1. The molecule has 0 atom stereocenters. The molecule has 20 heavy (non-hydrogen) atoms. The molecule has 0 fully saturated rings. The molecule has 0 bridgehead atoms. The van der Waals surface area contributed by atoms with Crippen LogP contribution < -0.4 is 5.32 Å². The van der Waals surface area contributed by atoms with Crippen LogP contribution in [0.1, 0.15) is 21.5 Å². The number of amides is 1. The molecule has 102 valence electrons. The molecule has 2 rings (SSSR count). The molecular weight excluding hydrogens is 260 g/mol. The van der Waals surface area contributed by atoms with Crippen molar-refractivity contribution in [3.05, 3.63) is 53.4 Å². The van der Waals surface area contributed by atoms with Gasteiger partial charge in [0.05, 0.1) is 6.20 Å². The average molecular weight is 272 g/mol. The summed E-state index contributed by atoms with van der Waals surface area (Å²) in [6.07, 6.45) is 5.17. The maximum Gasteiger partial charge on any atom is 0.328 e. The molecule has 0 aliphatic heterocycles. The molecule has 0 unspecified atom stereocenters. The summed E-state index contributed by atoms with van der Waals surface area (Å²) in [5.41, 5.74) is 2.38. The van der Waals surface area contributed by atoms with E-state index < -0.39 is 5.97 Å². The van der Waals surface area contributed by atoms with Crippen LogP contribution in [0, 0.1) is 6.92 Å². The molecule has 1 heterocycles. The zero-order chi connectivity index (χ0) is 14.5. The van der Waals surface area contributed by atoms with Gasteiger partial charge in [0.2, 0.25) is 0 Å². The van der Waals surface area contributed by atoms with Crippen LogP contribution in [0.4, 0.5) is 5.69 Å². The number of hydrogen-bond donors (Lipinski definition) is 2. The van der Waals surface area contributed by atoms with E-state index in [2.05, 4.69) is 15.0 Å². The lowest BCUT2D eigenvalue weighted by Gasteiger charge is -2.05. The number of hydrogen-bond acceptors (Lipinski definition) is 4. The number of carboxylic acid groups (broad SMARTS) is 1. The molecule has 0 aliphatic carbocycles. The summed E-state index contributed by atoms with van der Waals surface area (Å²) in [5.74, 6) is -1.36. The van der Waals surface area contributed by atoms with E-state index >= 15 is 0 Å². The van der Waals surface area contributed by atoms with Crippen molar-refractivity contribution in [1.29, 1.82) is 0 Å². The molecule has 2 N–H and O–H groups in total. The van der Waals surface area contributed by atoms with Gasteiger partial charge < -0.3 is 14.9 Å². The number of anilines is 1. The molecule has 0 aliphatic rings. The lowest BCUT2D eigenvalue weighted by Crippen LogP contribution is -2.11. The molecular formula is C14H12N2O4. The normalized spacial score (nSPS) is 10.7. The molecule has 0 radical (unpaired) electrons. The van der Waals surface area contributed by atoms with Crippen LogP contribution in [-0.2, 0) is 4.79 Å². The third-order valence-corrected chi connectivity index (χ3v) is 2.47. The molecule has 0 spiro atoms. The fourth-order valence-electron chi connectivity index (χ4n) is 1.68. The Hall–Kier alpha value is -2.89. The standard InChI is InChI=1S/C14H12N2O4/c1-9-4-10(2-3-13(17)18)6-11(5-9)14(19)16-12-7-15-20-8-12/h2-8H,1H3,(H,16,19)(H,17,18)/b3-2+. The van der Waals surface area contributed by atoms with Gasteiger partial charge in [-0.15, -0.1) is 0 Å². The number of rotatable bonds is 4. The van der Waals surface area contributed by atoms with Crippen LogP contribution in [0.15, 0.2) is 41.3 Å². The third-order valence-electron chi connectivity index (χ3n) is 2.47. The summed E-state index contributed by atoms with van der Waals surface area (Å²) in [6.45, 7) is 1.83. The highest BCUT2D eigenvalue weighted by Crippen LogP contribution is 2.14. The molecule has 6 nitrogen and oxygen atoms in total. The van der Waals surface area contributed by atoms with E-state index in [-0.39, 0.29) is 5.91 Å². The van der Waals surface area contributed by atoms with E-state index in [1.54, 1.807) is 18.2 Å². The van der Waals surface area contributed by atoms with E-state index in [0.29, 0.717) is 16.8 Å². The quantitative estimate of drug-likeness (QED) is 0.833. The number of benzene rings is 1. The first-order chi connectivity index (χ1) is 9.54. The van der Waals surface area contributed by atoms with E-state index in [1.807, 2.05) is 6.92 Å². The van der Waals surface area contributed by atoms with Gasteiger partial charge in [-0.05, 0) is 36.3 Å². The Kier molecular flexibility index (Phi) is 3.95. The smallest absolute Gasteiger partial charge is 0.328 e. The second kappa shape index (κ2) is 5.83.